The van der Waals surface area contributed by atoms with Crippen LogP contribution in [0.2, 0.25) is 0 Å². The molecule has 0 aliphatic rings. The van der Waals surface area contributed by atoms with Crippen LogP contribution in [0.5, 0.6) is 0 Å². The molecule has 80 valence electrons. The molecule has 0 bridgehead atoms. The summed E-state index contributed by atoms with van der Waals surface area (Å²) in [4.78, 5) is 0. The average Bonchev–Trinajstić information content (AvgIpc) is 2.31. The van der Waals surface area contributed by atoms with E-state index in [0.717, 1.165) is 0 Å². The molecular formula is C9H10BrF3O. The SMILES string of the molecule is CC(C)[C@@H](c1cc(Br)co1)C(F)(F)F. The Morgan fingerprint density at radius 2 is 1.93 bits per heavy atom. The van der Waals surface area contributed by atoms with E-state index in [4.69, 9.17) is 4.42 Å². The molecule has 0 spiro atoms. The first kappa shape index (κ1) is 11.6. The van der Waals surface area contributed by atoms with Gasteiger partial charge in [0.1, 0.15) is 17.9 Å². The summed E-state index contributed by atoms with van der Waals surface area (Å²) >= 11 is 3.06. The van der Waals surface area contributed by atoms with Gasteiger partial charge in [0.15, 0.2) is 0 Å². The van der Waals surface area contributed by atoms with Crippen LogP contribution in [-0.2, 0) is 0 Å². The molecule has 5 heteroatoms. The summed E-state index contributed by atoms with van der Waals surface area (Å²) in [6.07, 6.45) is -3.00. The van der Waals surface area contributed by atoms with Crippen molar-refractivity contribution in [3.63, 3.8) is 0 Å². The van der Waals surface area contributed by atoms with Crippen LogP contribution in [0.25, 0.3) is 0 Å². The number of halogens is 4. The molecule has 0 unspecified atom stereocenters. The van der Waals surface area contributed by atoms with Crippen molar-refractivity contribution < 1.29 is 17.6 Å². The van der Waals surface area contributed by atoms with Gasteiger partial charge in [-0.15, -0.1) is 0 Å². The Bertz CT molecular complexity index is 303. The van der Waals surface area contributed by atoms with E-state index in [0.29, 0.717) is 4.47 Å². The molecule has 0 radical (unpaired) electrons. The van der Waals surface area contributed by atoms with Crippen LogP contribution in [0.4, 0.5) is 13.2 Å². The molecule has 0 saturated heterocycles. The molecule has 0 aliphatic heterocycles. The van der Waals surface area contributed by atoms with Crippen LogP contribution in [-0.4, -0.2) is 6.18 Å². The van der Waals surface area contributed by atoms with E-state index >= 15 is 0 Å². The lowest BCUT2D eigenvalue weighted by Crippen LogP contribution is -2.24. The third-order valence-electron chi connectivity index (χ3n) is 1.91. The van der Waals surface area contributed by atoms with Crippen LogP contribution in [0, 0.1) is 5.92 Å². The van der Waals surface area contributed by atoms with Crippen molar-refractivity contribution in [2.24, 2.45) is 5.92 Å². The molecule has 0 saturated carbocycles. The standard InChI is InChI=1S/C9H10BrF3O/c1-5(2)8(9(11,12)13)7-3-6(10)4-14-7/h3-5,8H,1-2H3/t8-/m0/s1. The highest BCUT2D eigenvalue weighted by Crippen LogP contribution is 2.41. The fraction of sp³-hybridized carbons (Fsp3) is 0.556. The number of hydrogen-bond acceptors (Lipinski definition) is 1. The number of furan rings is 1. The quantitative estimate of drug-likeness (QED) is 0.779. The van der Waals surface area contributed by atoms with Gasteiger partial charge in [0, 0.05) is 0 Å². The molecule has 14 heavy (non-hydrogen) atoms. The van der Waals surface area contributed by atoms with Crippen molar-refractivity contribution in [2.75, 3.05) is 0 Å². The first-order chi connectivity index (χ1) is 6.32. The van der Waals surface area contributed by atoms with Crippen molar-refractivity contribution >= 4 is 15.9 Å². The van der Waals surface area contributed by atoms with E-state index in [-0.39, 0.29) is 5.76 Å². The average molecular weight is 271 g/mol. The largest absolute Gasteiger partial charge is 0.467 e. The molecule has 1 rings (SSSR count). The first-order valence-corrected chi connectivity index (χ1v) is 4.92. The van der Waals surface area contributed by atoms with Gasteiger partial charge in [-0.3, -0.25) is 0 Å². The lowest BCUT2D eigenvalue weighted by molar-refractivity contribution is -0.163. The van der Waals surface area contributed by atoms with Gasteiger partial charge in [-0.1, -0.05) is 13.8 Å². The van der Waals surface area contributed by atoms with E-state index in [1.165, 1.54) is 26.2 Å². The van der Waals surface area contributed by atoms with Crippen LogP contribution >= 0.6 is 15.9 Å². The Balaban J connectivity index is 3.01. The van der Waals surface area contributed by atoms with Crippen molar-refractivity contribution in [3.8, 4) is 0 Å². The molecule has 1 nitrogen and oxygen atoms in total. The molecule has 1 aromatic heterocycles. The van der Waals surface area contributed by atoms with Crippen molar-refractivity contribution in [1.82, 2.24) is 0 Å². The van der Waals surface area contributed by atoms with Gasteiger partial charge in [0.25, 0.3) is 0 Å². The third-order valence-corrected chi connectivity index (χ3v) is 2.33. The Hall–Kier alpha value is -0.450. The fourth-order valence-electron chi connectivity index (χ4n) is 1.36. The van der Waals surface area contributed by atoms with Gasteiger partial charge in [0.2, 0.25) is 0 Å². The monoisotopic (exact) mass is 270 g/mol. The molecule has 1 heterocycles. The Labute approximate surface area is 88.4 Å². The fourth-order valence-corrected chi connectivity index (χ4v) is 1.68. The minimum atomic E-state index is -4.26. The first-order valence-electron chi connectivity index (χ1n) is 4.13. The van der Waals surface area contributed by atoms with Crippen LogP contribution < -0.4 is 0 Å². The second kappa shape index (κ2) is 3.96. The van der Waals surface area contributed by atoms with E-state index < -0.39 is 18.0 Å². The lowest BCUT2D eigenvalue weighted by atomic mass is 9.93. The van der Waals surface area contributed by atoms with E-state index in [1.807, 2.05) is 0 Å². The molecule has 0 amide bonds. The summed E-state index contributed by atoms with van der Waals surface area (Å²) in [7, 11) is 0. The van der Waals surface area contributed by atoms with Crippen LogP contribution in [0.1, 0.15) is 25.5 Å². The van der Waals surface area contributed by atoms with E-state index in [2.05, 4.69) is 15.9 Å². The van der Waals surface area contributed by atoms with Gasteiger partial charge in [-0.2, -0.15) is 13.2 Å². The smallest absolute Gasteiger partial charge is 0.399 e. The van der Waals surface area contributed by atoms with Crippen molar-refractivity contribution in [1.29, 1.82) is 0 Å². The highest BCUT2D eigenvalue weighted by atomic mass is 79.9. The summed E-state index contributed by atoms with van der Waals surface area (Å²) in [5.41, 5.74) is 0. The predicted octanol–water partition coefficient (Wildman–Crippen LogP) is 4.34. The van der Waals surface area contributed by atoms with E-state index in [1.54, 1.807) is 0 Å². The maximum Gasteiger partial charge on any atom is 0.399 e. The lowest BCUT2D eigenvalue weighted by Gasteiger charge is -2.21. The molecule has 0 N–H and O–H groups in total. The van der Waals surface area contributed by atoms with Gasteiger partial charge < -0.3 is 4.42 Å². The summed E-state index contributed by atoms with van der Waals surface area (Å²) in [6, 6.07) is 1.36. The normalized spacial score (nSPS) is 14.8. The number of rotatable bonds is 2. The maximum absolute atomic E-state index is 12.6. The van der Waals surface area contributed by atoms with Crippen molar-refractivity contribution in [2.45, 2.75) is 25.9 Å². The topological polar surface area (TPSA) is 13.1 Å². The Kier molecular flexibility index (Phi) is 3.29. The van der Waals surface area contributed by atoms with Gasteiger partial charge in [-0.05, 0) is 27.9 Å². The highest BCUT2D eigenvalue weighted by molar-refractivity contribution is 9.10. The minimum Gasteiger partial charge on any atom is -0.467 e. The molecule has 1 aromatic rings. The van der Waals surface area contributed by atoms with Gasteiger partial charge in [-0.25, -0.2) is 0 Å². The second-order valence-electron chi connectivity index (χ2n) is 3.43. The molecule has 0 fully saturated rings. The summed E-state index contributed by atoms with van der Waals surface area (Å²) in [6.45, 7) is 3.04. The zero-order valence-corrected chi connectivity index (χ0v) is 9.32. The van der Waals surface area contributed by atoms with Gasteiger partial charge >= 0.3 is 6.18 Å². The van der Waals surface area contributed by atoms with Gasteiger partial charge in [0.05, 0.1) is 4.47 Å². The molecular weight excluding hydrogens is 261 g/mol. The van der Waals surface area contributed by atoms with Crippen LogP contribution in [0.3, 0.4) is 0 Å². The summed E-state index contributed by atoms with van der Waals surface area (Å²) in [5, 5.41) is 0. The number of hydrogen-bond donors (Lipinski definition) is 0. The zero-order chi connectivity index (χ0) is 10.9. The molecule has 0 aromatic carbocycles. The summed E-state index contributed by atoms with van der Waals surface area (Å²) in [5.74, 6) is -2.11. The maximum atomic E-state index is 12.6. The number of alkyl halides is 3. The van der Waals surface area contributed by atoms with E-state index in [9.17, 15) is 13.2 Å². The second-order valence-corrected chi connectivity index (χ2v) is 4.35. The zero-order valence-electron chi connectivity index (χ0n) is 7.73. The third kappa shape index (κ3) is 2.53. The Morgan fingerprint density at radius 1 is 1.36 bits per heavy atom. The predicted molar refractivity (Wildman–Crippen MR) is 50.0 cm³/mol. The molecule has 0 aliphatic carbocycles. The summed E-state index contributed by atoms with van der Waals surface area (Å²) < 4.78 is 43.1. The highest BCUT2D eigenvalue weighted by Gasteiger charge is 2.44. The Morgan fingerprint density at radius 3 is 2.21 bits per heavy atom. The molecule has 1 atom stereocenters. The van der Waals surface area contributed by atoms with Crippen molar-refractivity contribution in [3.05, 3.63) is 22.6 Å². The minimum absolute atomic E-state index is 0.0422. The van der Waals surface area contributed by atoms with Crippen LogP contribution in [0.15, 0.2) is 21.2 Å².